The summed E-state index contributed by atoms with van der Waals surface area (Å²) in [4.78, 5) is 29.1. The Hall–Kier alpha value is -3.66. The van der Waals surface area contributed by atoms with Gasteiger partial charge in [0.25, 0.3) is 5.56 Å². The van der Waals surface area contributed by atoms with Gasteiger partial charge in [0.1, 0.15) is 23.9 Å². The molecule has 7 heteroatoms. The molecule has 0 radical (unpaired) electrons. The lowest BCUT2D eigenvalue weighted by Crippen LogP contribution is -2.17. The summed E-state index contributed by atoms with van der Waals surface area (Å²) in [5.74, 6) is -0.272. The number of pyridine rings is 1. The van der Waals surface area contributed by atoms with E-state index in [1.165, 1.54) is 10.5 Å². The van der Waals surface area contributed by atoms with Crippen molar-refractivity contribution in [2.24, 2.45) is 5.92 Å². The lowest BCUT2D eigenvalue weighted by Gasteiger charge is -2.12. The molecule has 3 aromatic heterocycles. The molecule has 0 bridgehead atoms. The number of hydrogen-bond acceptors (Lipinski definition) is 5. The Morgan fingerprint density at radius 2 is 2.00 bits per heavy atom. The SMILES string of the molecule is Cc1ccc2nc(COC(=O)C(C#N)=Cc3cc(C)n(CC(C)C)c3C)cc(=O)n2c1. The van der Waals surface area contributed by atoms with Gasteiger partial charge >= 0.3 is 5.97 Å². The monoisotopic (exact) mass is 418 g/mol. The third-order valence-corrected chi connectivity index (χ3v) is 5.01. The number of hydrogen-bond donors (Lipinski definition) is 0. The minimum absolute atomic E-state index is 0.0991. The zero-order valence-corrected chi connectivity index (χ0v) is 18.5. The minimum atomic E-state index is -0.748. The first kappa shape index (κ1) is 22.0. The second kappa shape index (κ2) is 9.00. The number of aryl methyl sites for hydroxylation is 2. The molecule has 0 fully saturated rings. The van der Waals surface area contributed by atoms with Crippen LogP contribution in [0.3, 0.4) is 0 Å². The third-order valence-electron chi connectivity index (χ3n) is 5.01. The van der Waals surface area contributed by atoms with E-state index in [1.807, 2.05) is 39.0 Å². The lowest BCUT2D eigenvalue weighted by atomic mass is 10.1. The first-order chi connectivity index (χ1) is 14.7. The molecule has 0 saturated carbocycles. The van der Waals surface area contributed by atoms with E-state index in [0.717, 1.165) is 29.1 Å². The van der Waals surface area contributed by atoms with E-state index in [0.29, 0.717) is 17.3 Å². The van der Waals surface area contributed by atoms with Crippen LogP contribution in [-0.2, 0) is 22.7 Å². The number of nitriles is 1. The highest BCUT2D eigenvalue weighted by Crippen LogP contribution is 2.20. The molecule has 160 valence electrons. The second-order valence-electron chi connectivity index (χ2n) is 8.10. The van der Waals surface area contributed by atoms with Crippen molar-refractivity contribution in [3.63, 3.8) is 0 Å². The van der Waals surface area contributed by atoms with E-state index < -0.39 is 5.97 Å². The van der Waals surface area contributed by atoms with Crippen LogP contribution in [0.5, 0.6) is 0 Å². The molecule has 7 nitrogen and oxygen atoms in total. The maximum absolute atomic E-state index is 12.5. The van der Waals surface area contributed by atoms with Crippen molar-refractivity contribution in [1.29, 1.82) is 5.26 Å². The Labute approximate surface area is 181 Å². The molecule has 0 amide bonds. The fraction of sp³-hybridized carbons (Fsp3) is 0.333. The number of carbonyl (C=O) groups excluding carboxylic acids is 1. The Morgan fingerprint density at radius 3 is 2.68 bits per heavy atom. The quantitative estimate of drug-likeness (QED) is 0.346. The number of carbonyl (C=O) groups is 1. The van der Waals surface area contributed by atoms with Crippen molar-refractivity contribution in [3.05, 3.63) is 74.6 Å². The van der Waals surface area contributed by atoms with E-state index in [-0.39, 0.29) is 17.7 Å². The molecule has 0 aliphatic heterocycles. The van der Waals surface area contributed by atoms with Crippen LogP contribution in [0.1, 0.15) is 42.1 Å². The maximum atomic E-state index is 12.5. The van der Waals surface area contributed by atoms with Gasteiger partial charge in [-0.1, -0.05) is 19.9 Å². The van der Waals surface area contributed by atoms with E-state index in [2.05, 4.69) is 23.4 Å². The smallest absolute Gasteiger partial charge is 0.349 e. The van der Waals surface area contributed by atoms with Crippen LogP contribution >= 0.6 is 0 Å². The predicted octanol–water partition coefficient (Wildman–Crippen LogP) is 3.73. The summed E-state index contributed by atoms with van der Waals surface area (Å²) in [6, 6.07) is 8.79. The highest BCUT2D eigenvalue weighted by Gasteiger charge is 2.15. The molecule has 3 aromatic rings. The molecule has 0 saturated heterocycles. The van der Waals surface area contributed by atoms with E-state index in [9.17, 15) is 14.9 Å². The highest BCUT2D eigenvalue weighted by atomic mass is 16.5. The largest absolute Gasteiger partial charge is 0.455 e. The van der Waals surface area contributed by atoms with Gasteiger partial charge in [0.05, 0.1) is 5.69 Å². The van der Waals surface area contributed by atoms with Crippen molar-refractivity contribution in [3.8, 4) is 6.07 Å². The molecular formula is C24H26N4O3. The zero-order chi connectivity index (χ0) is 22.7. The average Bonchev–Trinajstić information content (AvgIpc) is 2.97. The average molecular weight is 418 g/mol. The van der Waals surface area contributed by atoms with E-state index in [1.54, 1.807) is 18.3 Å². The Morgan fingerprint density at radius 1 is 1.26 bits per heavy atom. The van der Waals surface area contributed by atoms with Crippen molar-refractivity contribution in [2.45, 2.75) is 47.8 Å². The molecule has 0 aromatic carbocycles. The Balaban J connectivity index is 1.80. The third kappa shape index (κ3) is 4.92. The molecule has 3 heterocycles. The minimum Gasteiger partial charge on any atom is -0.455 e. The van der Waals surface area contributed by atoms with Gasteiger partial charge in [-0.25, -0.2) is 9.78 Å². The molecule has 31 heavy (non-hydrogen) atoms. The molecule has 0 unspecified atom stereocenters. The number of ether oxygens (including phenoxy) is 1. The Bertz CT molecular complexity index is 1270. The van der Waals surface area contributed by atoms with Crippen molar-refractivity contribution in [2.75, 3.05) is 0 Å². The number of rotatable bonds is 6. The van der Waals surface area contributed by atoms with Crippen LogP contribution < -0.4 is 5.56 Å². The summed E-state index contributed by atoms with van der Waals surface area (Å²) in [5.41, 5.74) is 4.25. The van der Waals surface area contributed by atoms with Crippen molar-refractivity contribution >= 4 is 17.7 Å². The van der Waals surface area contributed by atoms with E-state index in [4.69, 9.17) is 4.74 Å². The summed E-state index contributed by atoms with van der Waals surface area (Å²) < 4.78 is 8.89. The molecule has 0 spiro atoms. The van der Waals surface area contributed by atoms with Crippen molar-refractivity contribution < 1.29 is 9.53 Å². The van der Waals surface area contributed by atoms with Crippen LogP contribution in [0.15, 0.2) is 40.8 Å². The van der Waals surface area contributed by atoms with Gasteiger partial charge in [-0.2, -0.15) is 5.26 Å². The van der Waals surface area contributed by atoms with Crippen LogP contribution in [0, 0.1) is 38.0 Å². The van der Waals surface area contributed by atoms with Crippen molar-refractivity contribution in [1.82, 2.24) is 14.0 Å². The molecule has 0 aliphatic rings. The van der Waals surface area contributed by atoms with Crippen LogP contribution in [0.25, 0.3) is 11.7 Å². The van der Waals surface area contributed by atoms with Crippen LogP contribution in [-0.4, -0.2) is 19.9 Å². The predicted molar refractivity (Wildman–Crippen MR) is 118 cm³/mol. The number of nitrogens with zero attached hydrogens (tertiary/aromatic N) is 4. The zero-order valence-electron chi connectivity index (χ0n) is 18.5. The van der Waals surface area contributed by atoms with Gasteiger partial charge in [-0.3, -0.25) is 9.20 Å². The lowest BCUT2D eigenvalue weighted by molar-refractivity contribution is -0.139. The summed E-state index contributed by atoms with van der Waals surface area (Å²) in [5, 5.41) is 9.48. The number of esters is 1. The molecular weight excluding hydrogens is 392 g/mol. The van der Waals surface area contributed by atoms with Crippen LogP contribution in [0.4, 0.5) is 0 Å². The van der Waals surface area contributed by atoms with Crippen LogP contribution in [0.2, 0.25) is 0 Å². The fourth-order valence-electron chi connectivity index (χ4n) is 3.46. The molecule has 0 aliphatic carbocycles. The molecule has 3 rings (SSSR count). The molecule has 0 atom stereocenters. The fourth-order valence-corrected chi connectivity index (χ4v) is 3.46. The highest BCUT2D eigenvalue weighted by molar-refractivity contribution is 5.98. The van der Waals surface area contributed by atoms with Gasteiger partial charge in [0, 0.05) is 30.2 Å². The van der Waals surface area contributed by atoms with Gasteiger partial charge in [-0.15, -0.1) is 0 Å². The Kier molecular flexibility index (Phi) is 6.40. The first-order valence-corrected chi connectivity index (χ1v) is 10.1. The van der Waals surface area contributed by atoms with Gasteiger partial charge in [0.15, 0.2) is 0 Å². The maximum Gasteiger partial charge on any atom is 0.349 e. The second-order valence-corrected chi connectivity index (χ2v) is 8.10. The topological polar surface area (TPSA) is 89.4 Å². The molecule has 0 N–H and O–H groups in total. The number of fused-ring (bicyclic) bond motifs is 1. The normalized spacial score (nSPS) is 11.7. The summed E-state index contributed by atoms with van der Waals surface area (Å²) in [7, 11) is 0. The standard InChI is InChI=1S/C24H26N4O3/c1-15(2)12-27-17(4)8-19(18(27)5)9-20(11-25)24(30)31-14-21-10-23(29)28-13-16(3)6-7-22(28)26-21/h6-10,13,15H,12,14H2,1-5H3. The summed E-state index contributed by atoms with van der Waals surface area (Å²) in [6.07, 6.45) is 3.25. The van der Waals surface area contributed by atoms with E-state index >= 15 is 0 Å². The van der Waals surface area contributed by atoms with Gasteiger partial charge < -0.3 is 9.30 Å². The summed E-state index contributed by atoms with van der Waals surface area (Å²) >= 11 is 0. The van der Waals surface area contributed by atoms with Gasteiger partial charge in [-0.05, 0) is 56.0 Å². The number of aromatic nitrogens is 3. The first-order valence-electron chi connectivity index (χ1n) is 10.1. The summed E-state index contributed by atoms with van der Waals surface area (Å²) in [6.45, 7) is 10.8. The van der Waals surface area contributed by atoms with Gasteiger partial charge in [0.2, 0.25) is 0 Å².